The van der Waals surface area contributed by atoms with Gasteiger partial charge in [-0.3, -0.25) is 0 Å². The topological polar surface area (TPSA) is 124 Å². The molecule has 9 nitrogen and oxygen atoms in total. The maximum Gasteiger partial charge on any atom is 0.179 e. The molecule has 0 unspecified atom stereocenters. The Hall–Kier alpha value is -2.18. The zero-order valence-corrected chi connectivity index (χ0v) is 31.6. The average Bonchev–Trinajstić information content (AvgIpc) is 3.09. The highest BCUT2D eigenvalue weighted by Gasteiger charge is 2.49. The highest BCUT2D eigenvalue weighted by atomic mass is 32.2. The van der Waals surface area contributed by atoms with Crippen molar-refractivity contribution in [1.82, 2.24) is 0 Å². The number of unbranched alkanes of at least 4 members (excludes halogenated alkanes) is 2. The lowest BCUT2D eigenvalue weighted by molar-refractivity contribution is -0.923. The summed E-state index contributed by atoms with van der Waals surface area (Å²) >= 11 is 0. The van der Waals surface area contributed by atoms with Crippen LogP contribution in [0.1, 0.15) is 96.6 Å². The number of rotatable bonds is 16. The second kappa shape index (κ2) is 18.0. The molecule has 1 N–H and O–H groups in total. The number of nitrogens with zero attached hydrogens (tertiary/aromatic N) is 2. The Labute approximate surface area is 285 Å². The SMILES string of the molecule is CCCCC1(CCCC)CS(=O)(=O)c2ccc(N(C)C)cc2[C@@H](c2ccc(OCCC[N+](CC)(CC)CC)cc2)[C@H]1O.CS(=O)(=O)[O-]. The number of ether oxygens (including phenoxy) is 1. The van der Waals surface area contributed by atoms with Crippen molar-refractivity contribution in [3.63, 3.8) is 0 Å². The molecular formula is C36H60N2O7S2. The van der Waals surface area contributed by atoms with Crippen LogP contribution in [0.15, 0.2) is 47.4 Å². The number of hydrogen-bond donors (Lipinski definition) is 1. The van der Waals surface area contributed by atoms with Crippen LogP contribution in [0.2, 0.25) is 0 Å². The Morgan fingerprint density at radius 2 is 1.47 bits per heavy atom. The van der Waals surface area contributed by atoms with Gasteiger partial charge in [-0.1, -0.05) is 51.7 Å². The normalized spacial score (nSPS) is 18.8. The van der Waals surface area contributed by atoms with E-state index in [1.54, 1.807) is 6.07 Å². The van der Waals surface area contributed by atoms with E-state index in [1.165, 1.54) is 0 Å². The molecule has 0 bridgehead atoms. The van der Waals surface area contributed by atoms with Gasteiger partial charge in [0.1, 0.15) is 5.75 Å². The average molecular weight is 697 g/mol. The molecule has 2 aromatic carbocycles. The fourth-order valence-electron chi connectivity index (χ4n) is 6.90. The predicted octanol–water partition coefficient (Wildman–Crippen LogP) is 6.21. The Kier molecular flexibility index (Phi) is 15.7. The van der Waals surface area contributed by atoms with Crippen LogP contribution in [0.5, 0.6) is 5.75 Å². The van der Waals surface area contributed by atoms with Gasteiger partial charge in [-0.25, -0.2) is 16.8 Å². The van der Waals surface area contributed by atoms with Gasteiger partial charge in [-0.05, 0) is 75.1 Å². The second-order valence-corrected chi connectivity index (χ2v) is 16.7. The summed E-state index contributed by atoms with van der Waals surface area (Å²) in [7, 11) is -3.61. The summed E-state index contributed by atoms with van der Waals surface area (Å²) < 4.78 is 62.5. The highest BCUT2D eigenvalue weighted by Crippen LogP contribution is 2.50. The first-order valence-electron chi connectivity index (χ1n) is 17.2. The van der Waals surface area contributed by atoms with Gasteiger partial charge in [-0.15, -0.1) is 0 Å². The largest absolute Gasteiger partial charge is 0.748 e. The van der Waals surface area contributed by atoms with E-state index in [0.29, 0.717) is 36.2 Å². The summed E-state index contributed by atoms with van der Waals surface area (Å²) in [6, 6.07) is 13.6. The van der Waals surface area contributed by atoms with Crippen LogP contribution in [0, 0.1) is 5.41 Å². The van der Waals surface area contributed by atoms with E-state index >= 15 is 0 Å². The molecular weight excluding hydrogens is 637 g/mol. The molecule has 0 fully saturated rings. The minimum atomic E-state index is -3.92. The molecule has 11 heteroatoms. The lowest BCUT2D eigenvalue weighted by Crippen LogP contribution is -2.48. The summed E-state index contributed by atoms with van der Waals surface area (Å²) in [4.78, 5) is 2.35. The van der Waals surface area contributed by atoms with Gasteiger partial charge in [0, 0.05) is 43.8 Å². The minimum absolute atomic E-state index is 0.0134. The van der Waals surface area contributed by atoms with Crippen LogP contribution in [0.3, 0.4) is 0 Å². The summed E-state index contributed by atoms with van der Waals surface area (Å²) in [5.41, 5.74) is 1.85. The number of benzene rings is 2. The predicted molar refractivity (Wildman–Crippen MR) is 191 cm³/mol. The molecule has 268 valence electrons. The zero-order chi connectivity index (χ0) is 35.5. The summed E-state index contributed by atoms with van der Waals surface area (Å²) in [5.74, 6) is 0.347. The van der Waals surface area contributed by atoms with Crippen molar-refractivity contribution in [3.8, 4) is 5.75 Å². The number of aliphatic hydroxyl groups excluding tert-OH is 1. The number of fused-ring (bicyclic) bond motifs is 1. The van der Waals surface area contributed by atoms with Crippen molar-refractivity contribution in [2.45, 2.75) is 96.5 Å². The quantitative estimate of drug-likeness (QED) is 0.125. The van der Waals surface area contributed by atoms with Crippen molar-refractivity contribution < 1.29 is 35.7 Å². The standard InChI is InChI=1S/C35H57N2O4S.CH4O3S/c1-8-13-22-35(23-14-9-2)27-42(39,40)32-21-18-29(36(6)7)26-31(32)33(34(35)38)28-16-19-30(20-17-28)41-25-15-24-37(10-3,11-4)12-5;1-5(2,3)4/h16-21,26,33-34,38H,8-15,22-25,27H2,1-7H3;1H3,(H,2,3,4)/q+1;/p-1/t33-,34-;/m1./s1. The number of aliphatic hydroxyl groups is 1. The van der Waals surface area contributed by atoms with E-state index < -0.39 is 37.4 Å². The second-order valence-electron chi connectivity index (χ2n) is 13.4. The Morgan fingerprint density at radius 3 is 1.94 bits per heavy atom. The Bertz CT molecular complexity index is 1430. The maximum atomic E-state index is 14.0. The third-order valence-corrected chi connectivity index (χ3v) is 12.0. The van der Waals surface area contributed by atoms with Crippen LogP contribution in [0.25, 0.3) is 0 Å². The van der Waals surface area contributed by atoms with Crippen molar-refractivity contribution >= 4 is 25.6 Å². The molecule has 2 aromatic rings. The lowest BCUT2D eigenvalue weighted by atomic mass is 9.68. The van der Waals surface area contributed by atoms with Gasteiger partial charge < -0.3 is 23.8 Å². The fraction of sp³-hybridized carbons (Fsp3) is 0.667. The van der Waals surface area contributed by atoms with Gasteiger partial charge in [0.25, 0.3) is 0 Å². The monoisotopic (exact) mass is 696 g/mol. The number of anilines is 1. The molecule has 0 spiro atoms. The molecule has 0 radical (unpaired) electrons. The highest BCUT2D eigenvalue weighted by molar-refractivity contribution is 7.91. The molecule has 1 aliphatic heterocycles. The van der Waals surface area contributed by atoms with Gasteiger partial charge >= 0.3 is 0 Å². The number of quaternary nitrogens is 1. The molecule has 1 heterocycles. The lowest BCUT2D eigenvalue weighted by Gasteiger charge is -2.40. The van der Waals surface area contributed by atoms with Crippen LogP contribution in [-0.4, -0.2) is 96.0 Å². The van der Waals surface area contributed by atoms with E-state index in [4.69, 9.17) is 17.7 Å². The van der Waals surface area contributed by atoms with Gasteiger partial charge in [-0.2, -0.15) is 0 Å². The summed E-state index contributed by atoms with van der Waals surface area (Å²) in [6.45, 7) is 16.2. The molecule has 47 heavy (non-hydrogen) atoms. The molecule has 0 saturated carbocycles. The van der Waals surface area contributed by atoms with Crippen molar-refractivity contribution in [1.29, 1.82) is 0 Å². The van der Waals surface area contributed by atoms with Crippen LogP contribution < -0.4 is 9.64 Å². The minimum Gasteiger partial charge on any atom is -0.748 e. The van der Waals surface area contributed by atoms with Gasteiger partial charge in [0.05, 0.1) is 59.7 Å². The van der Waals surface area contributed by atoms with Crippen molar-refractivity contribution in [2.24, 2.45) is 5.41 Å². The Balaban J connectivity index is 0.00000142. The third kappa shape index (κ3) is 11.4. The van der Waals surface area contributed by atoms with E-state index in [-0.39, 0.29) is 5.75 Å². The summed E-state index contributed by atoms with van der Waals surface area (Å²) in [6.07, 6.45) is 5.88. The molecule has 3 rings (SSSR count). The van der Waals surface area contributed by atoms with Crippen molar-refractivity contribution in [2.75, 3.05) is 63.8 Å². The van der Waals surface area contributed by atoms with Gasteiger partial charge in [0.15, 0.2) is 9.84 Å². The van der Waals surface area contributed by atoms with Gasteiger partial charge in [0.2, 0.25) is 0 Å². The van der Waals surface area contributed by atoms with E-state index in [9.17, 15) is 13.5 Å². The van der Waals surface area contributed by atoms with Crippen LogP contribution in [-0.2, 0) is 20.0 Å². The molecule has 2 atom stereocenters. The number of sulfone groups is 1. The molecule has 0 amide bonds. The molecule has 1 aliphatic rings. The van der Waals surface area contributed by atoms with Crippen LogP contribution >= 0.6 is 0 Å². The first kappa shape index (κ1) is 41.0. The van der Waals surface area contributed by atoms with E-state index in [0.717, 1.165) is 79.8 Å². The fourth-order valence-corrected chi connectivity index (χ4v) is 9.09. The smallest absolute Gasteiger partial charge is 0.179 e. The van der Waals surface area contributed by atoms with Crippen LogP contribution in [0.4, 0.5) is 5.69 Å². The third-order valence-electron chi connectivity index (χ3n) is 9.95. The summed E-state index contributed by atoms with van der Waals surface area (Å²) in [5, 5.41) is 12.4. The van der Waals surface area contributed by atoms with Crippen molar-refractivity contribution in [3.05, 3.63) is 53.6 Å². The van der Waals surface area contributed by atoms with E-state index in [1.807, 2.05) is 55.4 Å². The molecule has 0 aliphatic carbocycles. The first-order valence-corrected chi connectivity index (χ1v) is 20.7. The van der Waals surface area contributed by atoms with E-state index in [2.05, 4.69) is 34.6 Å². The Morgan fingerprint density at radius 1 is 0.936 bits per heavy atom. The maximum absolute atomic E-state index is 14.0. The number of hydrogen-bond acceptors (Lipinski definition) is 8. The first-order chi connectivity index (χ1) is 22.0. The molecule has 0 aromatic heterocycles. The molecule has 0 saturated heterocycles. The zero-order valence-electron chi connectivity index (χ0n) is 30.0.